The third-order valence-electron chi connectivity index (χ3n) is 6.94. The maximum atomic E-state index is 6.20. The average Bonchev–Trinajstić information content (AvgIpc) is 3.24. The monoisotopic (exact) mass is 438 g/mol. The zero-order chi connectivity index (χ0) is 22.8. The molecule has 0 saturated heterocycles. The fourth-order valence-electron chi connectivity index (χ4n) is 5.20. The van der Waals surface area contributed by atoms with Crippen LogP contribution in [0.25, 0.3) is 55.4 Å². The Kier molecular flexibility index (Phi) is 3.97. The minimum absolute atomic E-state index is 0.892. The highest BCUT2D eigenvalue weighted by molar-refractivity contribution is 6.16. The second kappa shape index (κ2) is 7.06. The van der Waals surface area contributed by atoms with E-state index in [0.29, 0.717) is 0 Å². The second-order valence-electron chi connectivity index (χ2n) is 9.04. The molecule has 7 rings (SSSR count). The van der Waals surface area contributed by atoms with Gasteiger partial charge in [-0.3, -0.25) is 4.98 Å². The van der Waals surface area contributed by atoms with Crippen molar-refractivity contribution >= 4 is 33.3 Å². The smallest absolute Gasteiger partial charge is 0.137 e. The molecule has 0 spiro atoms. The first-order valence-corrected chi connectivity index (χ1v) is 11.6. The molecule has 162 valence electrons. The number of anilines is 2. The van der Waals surface area contributed by atoms with Gasteiger partial charge >= 0.3 is 0 Å². The number of nitrogens with zero attached hydrogens (tertiary/aromatic N) is 1. The summed E-state index contributed by atoms with van der Waals surface area (Å²) in [6.07, 6.45) is 1.92. The quantitative estimate of drug-likeness (QED) is 0.279. The highest BCUT2D eigenvalue weighted by Crippen LogP contribution is 2.47. The molecular formula is C31H22N2O. The maximum absolute atomic E-state index is 6.20. The lowest BCUT2D eigenvalue weighted by atomic mass is 9.87. The standard InChI is InChI=1S/C31H22N2O/c1-18-10-13-26(32-17-18)20-11-14-27-25(16-20)22-8-5-7-21(19(22)2)23-12-15-29-30(31(23)33-27)24-6-3-4-9-28(24)34-29/h3-17,33H,1-2H3. The zero-order valence-electron chi connectivity index (χ0n) is 19.0. The molecule has 0 fully saturated rings. The summed E-state index contributed by atoms with van der Waals surface area (Å²) in [5.74, 6) is 0. The first-order chi connectivity index (χ1) is 16.7. The van der Waals surface area contributed by atoms with Crippen molar-refractivity contribution in [3.8, 4) is 33.5 Å². The van der Waals surface area contributed by atoms with Crippen LogP contribution in [0.1, 0.15) is 11.1 Å². The van der Waals surface area contributed by atoms with Gasteiger partial charge in [0.15, 0.2) is 0 Å². The van der Waals surface area contributed by atoms with Crippen molar-refractivity contribution in [1.82, 2.24) is 4.98 Å². The molecule has 2 aromatic heterocycles. The molecule has 6 aromatic rings. The van der Waals surface area contributed by atoms with Crippen molar-refractivity contribution in [2.45, 2.75) is 13.8 Å². The molecule has 3 nitrogen and oxygen atoms in total. The molecule has 1 aliphatic heterocycles. The summed E-state index contributed by atoms with van der Waals surface area (Å²) in [5, 5.41) is 6.06. The third-order valence-corrected chi connectivity index (χ3v) is 6.94. The predicted molar refractivity (Wildman–Crippen MR) is 141 cm³/mol. The highest BCUT2D eigenvalue weighted by atomic mass is 16.3. The van der Waals surface area contributed by atoms with E-state index >= 15 is 0 Å². The van der Waals surface area contributed by atoms with Crippen molar-refractivity contribution < 1.29 is 4.42 Å². The van der Waals surface area contributed by atoms with E-state index in [4.69, 9.17) is 4.42 Å². The molecule has 4 aromatic carbocycles. The van der Waals surface area contributed by atoms with Crippen molar-refractivity contribution in [3.63, 3.8) is 0 Å². The van der Waals surface area contributed by atoms with Gasteiger partial charge in [0.1, 0.15) is 11.2 Å². The molecule has 1 N–H and O–H groups in total. The van der Waals surface area contributed by atoms with Gasteiger partial charge in [0, 0.05) is 34.0 Å². The third kappa shape index (κ3) is 2.74. The van der Waals surface area contributed by atoms with Gasteiger partial charge in [-0.05, 0) is 72.5 Å². The van der Waals surface area contributed by atoms with Gasteiger partial charge < -0.3 is 9.73 Å². The lowest BCUT2D eigenvalue weighted by Gasteiger charge is -2.24. The van der Waals surface area contributed by atoms with E-state index in [1.807, 2.05) is 18.3 Å². The molecule has 0 atom stereocenters. The van der Waals surface area contributed by atoms with E-state index in [9.17, 15) is 0 Å². The summed E-state index contributed by atoms with van der Waals surface area (Å²) in [6.45, 7) is 4.28. The molecule has 0 unspecified atom stereocenters. The average molecular weight is 439 g/mol. The normalized spacial score (nSPS) is 12.1. The molecule has 0 radical (unpaired) electrons. The largest absolute Gasteiger partial charge is 0.456 e. The van der Waals surface area contributed by atoms with Gasteiger partial charge in [-0.1, -0.05) is 48.5 Å². The molecule has 34 heavy (non-hydrogen) atoms. The molecule has 0 saturated carbocycles. The van der Waals surface area contributed by atoms with Crippen molar-refractivity contribution in [1.29, 1.82) is 0 Å². The number of hydrogen-bond donors (Lipinski definition) is 1. The number of aryl methyl sites for hydroxylation is 1. The number of aromatic nitrogens is 1. The number of pyridine rings is 1. The number of rotatable bonds is 1. The van der Waals surface area contributed by atoms with Gasteiger partial charge in [0.2, 0.25) is 0 Å². The lowest BCUT2D eigenvalue weighted by molar-refractivity contribution is 0.669. The van der Waals surface area contributed by atoms with Crippen LogP contribution in [0.4, 0.5) is 11.4 Å². The number of para-hydroxylation sites is 1. The number of nitrogens with one attached hydrogen (secondary N) is 1. The summed E-state index contributed by atoms with van der Waals surface area (Å²) in [5.41, 5.74) is 13.3. The minimum Gasteiger partial charge on any atom is -0.456 e. The summed E-state index contributed by atoms with van der Waals surface area (Å²) in [6, 6.07) is 29.9. The summed E-state index contributed by atoms with van der Waals surface area (Å²) >= 11 is 0. The van der Waals surface area contributed by atoms with Crippen LogP contribution in [-0.2, 0) is 0 Å². The molecule has 0 aliphatic carbocycles. The minimum atomic E-state index is 0.892. The number of hydrogen-bond acceptors (Lipinski definition) is 3. The number of furan rings is 1. The van der Waals surface area contributed by atoms with E-state index in [-0.39, 0.29) is 0 Å². The maximum Gasteiger partial charge on any atom is 0.137 e. The summed E-state index contributed by atoms with van der Waals surface area (Å²) < 4.78 is 6.20. The molecule has 3 heteroatoms. The van der Waals surface area contributed by atoms with Gasteiger partial charge in [-0.2, -0.15) is 0 Å². The van der Waals surface area contributed by atoms with Crippen molar-refractivity contribution in [2.75, 3.05) is 5.32 Å². The van der Waals surface area contributed by atoms with Crippen LogP contribution in [0.5, 0.6) is 0 Å². The molecule has 3 heterocycles. The molecular weight excluding hydrogens is 416 g/mol. The Bertz CT molecular complexity index is 1740. The summed E-state index contributed by atoms with van der Waals surface area (Å²) in [4.78, 5) is 4.66. The van der Waals surface area contributed by atoms with Gasteiger partial charge in [-0.15, -0.1) is 0 Å². The fraction of sp³-hybridized carbons (Fsp3) is 0.0645. The Balaban J connectivity index is 1.54. The van der Waals surface area contributed by atoms with Crippen LogP contribution in [-0.4, -0.2) is 4.98 Å². The molecule has 1 aliphatic rings. The Morgan fingerprint density at radius 2 is 1.56 bits per heavy atom. The van der Waals surface area contributed by atoms with Gasteiger partial charge in [0.25, 0.3) is 0 Å². The predicted octanol–water partition coefficient (Wildman–Crippen LogP) is 8.66. The first kappa shape index (κ1) is 19.1. The Labute approximate surface area is 197 Å². The van der Waals surface area contributed by atoms with Gasteiger partial charge in [-0.25, -0.2) is 0 Å². The van der Waals surface area contributed by atoms with Crippen LogP contribution in [0.15, 0.2) is 95.5 Å². The Morgan fingerprint density at radius 3 is 2.41 bits per heavy atom. The SMILES string of the molecule is Cc1ccc(-c2ccc3c(c2)-c2cccc(c2C)-c2ccc4oc5ccccc5c4c2N3)nc1. The van der Waals surface area contributed by atoms with E-state index < -0.39 is 0 Å². The van der Waals surface area contributed by atoms with Gasteiger partial charge in [0.05, 0.1) is 16.8 Å². The highest BCUT2D eigenvalue weighted by Gasteiger charge is 2.22. The first-order valence-electron chi connectivity index (χ1n) is 11.6. The van der Waals surface area contributed by atoms with Crippen LogP contribution in [0.3, 0.4) is 0 Å². The molecule has 0 amide bonds. The number of fused-ring (bicyclic) bond motifs is 10. The van der Waals surface area contributed by atoms with E-state index in [2.05, 4.69) is 96.9 Å². The van der Waals surface area contributed by atoms with Crippen LogP contribution in [0, 0.1) is 13.8 Å². The Hall–Kier alpha value is -4.37. The van der Waals surface area contributed by atoms with E-state index in [1.54, 1.807) is 0 Å². The van der Waals surface area contributed by atoms with Crippen LogP contribution >= 0.6 is 0 Å². The zero-order valence-corrected chi connectivity index (χ0v) is 19.0. The second-order valence-corrected chi connectivity index (χ2v) is 9.04. The van der Waals surface area contributed by atoms with Crippen LogP contribution in [0.2, 0.25) is 0 Å². The van der Waals surface area contributed by atoms with E-state index in [1.165, 1.54) is 27.8 Å². The topological polar surface area (TPSA) is 38.1 Å². The number of benzene rings is 4. The van der Waals surface area contributed by atoms with Crippen molar-refractivity contribution in [2.24, 2.45) is 0 Å². The van der Waals surface area contributed by atoms with Crippen molar-refractivity contribution in [3.05, 3.63) is 102 Å². The van der Waals surface area contributed by atoms with Crippen LogP contribution < -0.4 is 5.32 Å². The Morgan fingerprint density at radius 1 is 0.706 bits per heavy atom. The molecule has 2 bridgehead atoms. The van der Waals surface area contributed by atoms with E-state index in [0.717, 1.165) is 50.1 Å². The summed E-state index contributed by atoms with van der Waals surface area (Å²) in [7, 11) is 0. The fourth-order valence-corrected chi connectivity index (χ4v) is 5.20. The lowest BCUT2D eigenvalue weighted by Crippen LogP contribution is -2.02.